The number of furan rings is 1. The van der Waals surface area contributed by atoms with Gasteiger partial charge in [-0.15, -0.1) is 0 Å². The predicted octanol–water partition coefficient (Wildman–Crippen LogP) is 3.80. The number of aromatic hydroxyl groups is 1. The summed E-state index contributed by atoms with van der Waals surface area (Å²) in [5.74, 6) is -0.980. The smallest absolute Gasteiger partial charge is 0.322 e. The SMILES string of the molecule is COc1cc(C(=O)c2c(NCC(=O)O)oc3c(O)c(C)ccc23)cc(C)c1C. The Morgan fingerprint density at radius 2 is 1.86 bits per heavy atom. The number of hydrogen-bond donors (Lipinski definition) is 3. The van der Waals surface area contributed by atoms with Gasteiger partial charge in [0.05, 0.1) is 12.7 Å². The molecule has 0 bridgehead atoms. The number of nitrogens with one attached hydrogen (secondary N) is 1. The number of phenols is 1. The minimum Gasteiger partial charge on any atom is -0.504 e. The van der Waals surface area contributed by atoms with Crippen molar-refractivity contribution in [3.05, 3.63) is 52.1 Å². The number of fused-ring (bicyclic) bond motifs is 1. The normalized spacial score (nSPS) is 10.9. The number of carboxylic acids is 1. The van der Waals surface area contributed by atoms with Gasteiger partial charge in [0.15, 0.2) is 17.1 Å². The Labute approximate surface area is 161 Å². The van der Waals surface area contributed by atoms with Crippen molar-refractivity contribution < 1.29 is 29.0 Å². The van der Waals surface area contributed by atoms with Gasteiger partial charge in [-0.05, 0) is 55.7 Å². The molecule has 28 heavy (non-hydrogen) atoms. The number of hydrogen-bond acceptors (Lipinski definition) is 6. The third-order valence-electron chi connectivity index (χ3n) is 4.76. The Kier molecular flexibility index (Phi) is 5.00. The van der Waals surface area contributed by atoms with Gasteiger partial charge in [-0.2, -0.15) is 0 Å². The molecule has 0 radical (unpaired) electrons. The highest BCUT2D eigenvalue weighted by Gasteiger charge is 2.25. The predicted molar refractivity (Wildman–Crippen MR) is 105 cm³/mol. The number of carboxylic acid groups (broad SMARTS) is 1. The van der Waals surface area contributed by atoms with Crippen LogP contribution in [0.2, 0.25) is 0 Å². The number of carbonyl (C=O) groups excluding carboxylic acids is 1. The van der Waals surface area contributed by atoms with Gasteiger partial charge in [0, 0.05) is 10.9 Å². The van der Waals surface area contributed by atoms with Crippen LogP contribution in [0.15, 0.2) is 28.7 Å². The first kappa shape index (κ1) is 19.3. The number of anilines is 1. The van der Waals surface area contributed by atoms with Crippen molar-refractivity contribution in [1.29, 1.82) is 0 Å². The molecular weight excluding hydrogens is 362 g/mol. The molecule has 0 amide bonds. The third-order valence-corrected chi connectivity index (χ3v) is 4.76. The van der Waals surface area contributed by atoms with Gasteiger partial charge in [-0.25, -0.2) is 0 Å². The summed E-state index contributed by atoms with van der Waals surface area (Å²) in [6.07, 6.45) is 0. The first-order chi connectivity index (χ1) is 13.2. The summed E-state index contributed by atoms with van der Waals surface area (Å²) in [5, 5.41) is 22.3. The summed E-state index contributed by atoms with van der Waals surface area (Å²) in [4.78, 5) is 24.3. The van der Waals surface area contributed by atoms with E-state index in [1.54, 1.807) is 31.2 Å². The summed E-state index contributed by atoms with van der Waals surface area (Å²) in [6.45, 7) is 5.05. The fraction of sp³-hybridized carbons (Fsp3) is 0.238. The van der Waals surface area contributed by atoms with E-state index >= 15 is 0 Å². The van der Waals surface area contributed by atoms with E-state index in [2.05, 4.69) is 5.32 Å². The molecule has 3 aromatic rings. The monoisotopic (exact) mass is 383 g/mol. The maximum atomic E-state index is 13.3. The van der Waals surface area contributed by atoms with Crippen LogP contribution in [0.3, 0.4) is 0 Å². The van der Waals surface area contributed by atoms with E-state index in [0.29, 0.717) is 22.3 Å². The minimum absolute atomic E-state index is 0.000458. The van der Waals surface area contributed by atoms with Gasteiger partial charge in [-0.3, -0.25) is 9.59 Å². The molecule has 2 aromatic carbocycles. The van der Waals surface area contributed by atoms with Crippen molar-refractivity contribution in [2.75, 3.05) is 19.0 Å². The molecule has 7 heteroatoms. The van der Waals surface area contributed by atoms with E-state index in [1.807, 2.05) is 13.8 Å². The number of aliphatic carboxylic acids is 1. The Morgan fingerprint density at radius 3 is 2.50 bits per heavy atom. The van der Waals surface area contributed by atoms with Crippen molar-refractivity contribution in [2.45, 2.75) is 20.8 Å². The van der Waals surface area contributed by atoms with Gasteiger partial charge in [0.25, 0.3) is 0 Å². The lowest BCUT2D eigenvalue weighted by Crippen LogP contribution is -2.14. The molecule has 146 valence electrons. The zero-order chi connectivity index (χ0) is 20.6. The average molecular weight is 383 g/mol. The van der Waals surface area contributed by atoms with Crippen molar-refractivity contribution in [3.63, 3.8) is 0 Å². The van der Waals surface area contributed by atoms with Crippen LogP contribution in [0.1, 0.15) is 32.6 Å². The second kappa shape index (κ2) is 7.26. The molecule has 3 rings (SSSR count). The van der Waals surface area contributed by atoms with Crippen LogP contribution in [0.5, 0.6) is 11.5 Å². The Morgan fingerprint density at radius 1 is 1.14 bits per heavy atom. The highest BCUT2D eigenvalue weighted by atomic mass is 16.5. The second-order valence-electron chi connectivity index (χ2n) is 6.61. The lowest BCUT2D eigenvalue weighted by atomic mass is 9.97. The van der Waals surface area contributed by atoms with Crippen molar-refractivity contribution in [2.24, 2.45) is 0 Å². The third kappa shape index (κ3) is 3.26. The van der Waals surface area contributed by atoms with Gasteiger partial charge < -0.3 is 24.7 Å². The van der Waals surface area contributed by atoms with Crippen LogP contribution >= 0.6 is 0 Å². The van der Waals surface area contributed by atoms with Crippen molar-refractivity contribution >= 4 is 28.6 Å². The number of benzene rings is 2. The lowest BCUT2D eigenvalue weighted by molar-refractivity contribution is -0.134. The molecule has 1 aromatic heterocycles. The molecule has 0 unspecified atom stereocenters. The van der Waals surface area contributed by atoms with Crippen LogP contribution in [-0.4, -0.2) is 35.6 Å². The van der Waals surface area contributed by atoms with E-state index in [1.165, 1.54) is 7.11 Å². The molecular formula is C21H21NO6. The molecule has 0 fully saturated rings. The molecule has 0 spiro atoms. The molecule has 0 aliphatic heterocycles. The zero-order valence-corrected chi connectivity index (χ0v) is 16.0. The lowest BCUT2D eigenvalue weighted by Gasteiger charge is -2.11. The van der Waals surface area contributed by atoms with Crippen LogP contribution in [0.4, 0.5) is 5.88 Å². The topological polar surface area (TPSA) is 109 Å². The molecule has 3 N–H and O–H groups in total. The highest BCUT2D eigenvalue weighted by molar-refractivity contribution is 6.20. The summed E-state index contributed by atoms with van der Waals surface area (Å²) < 4.78 is 11.0. The Balaban J connectivity index is 2.21. The number of ether oxygens (including phenoxy) is 1. The Bertz CT molecular complexity index is 1100. The number of aryl methyl sites for hydroxylation is 2. The average Bonchev–Trinajstić information content (AvgIpc) is 3.03. The summed E-state index contributed by atoms with van der Waals surface area (Å²) >= 11 is 0. The fourth-order valence-corrected chi connectivity index (χ4v) is 3.07. The van der Waals surface area contributed by atoms with Crippen LogP contribution < -0.4 is 10.1 Å². The van der Waals surface area contributed by atoms with E-state index in [0.717, 1.165) is 11.1 Å². The summed E-state index contributed by atoms with van der Waals surface area (Å²) in [7, 11) is 1.53. The summed E-state index contributed by atoms with van der Waals surface area (Å²) in [5.41, 5.74) is 3.06. The molecule has 0 aliphatic rings. The number of ketones is 1. The maximum Gasteiger partial charge on any atom is 0.322 e. The van der Waals surface area contributed by atoms with Gasteiger partial charge in [0.2, 0.25) is 5.88 Å². The number of methoxy groups -OCH3 is 1. The quantitative estimate of drug-likeness (QED) is 0.556. The number of phenolic OH excluding ortho intramolecular Hbond substituents is 1. The van der Waals surface area contributed by atoms with Crippen LogP contribution in [0, 0.1) is 20.8 Å². The largest absolute Gasteiger partial charge is 0.504 e. The van der Waals surface area contributed by atoms with Crippen LogP contribution in [-0.2, 0) is 4.79 Å². The minimum atomic E-state index is -1.10. The standard InChI is InChI=1S/C21H21NO6/c1-10-5-6-14-17(21(22-9-16(23)24)28-20(14)18(10)25)19(26)13-7-11(2)12(3)15(8-13)27-4/h5-8,22,25H,9H2,1-4H3,(H,23,24). The Hall–Kier alpha value is -3.48. The second-order valence-corrected chi connectivity index (χ2v) is 6.61. The van der Waals surface area contributed by atoms with Gasteiger partial charge >= 0.3 is 5.97 Å². The van der Waals surface area contributed by atoms with E-state index in [-0.39, 0.29) is 28.6 Å². The maximum absolute atomic E-state index is 13.3. The van der Waals surface area contributed by atoms with Crippen molar-refractivity contribution in [3.8, 4) is 11.5 Å². The van der Waals surface area contributed by atoms with Gasteiger partial charge in [-0.1, -0.05) is 6.07 Å². The first-order valence-electron chi connectivity index (χ1n) is 8.65. The van der Waals surface area contributed by atoms with Gasteiger partial charge in [0.1, 0.15) is 12.3 Å². The molecule has 7 nitrogen and oxygen atoms in total. The van der Waals surface area contributed by atoms with E-state index in [9.17, 15) is 14.7 Å². The highest BCUT2D eigenvalue weighted by Crippen LogP contribution is 2.38. The van der Waals surface area contributed by atoms with E-state index in [4.69, 9.17) is 14.3 Å². The molecule has 1 heterocycles. The number of carbonyl (C=O) groups is 2. The van der Waals surface area contributed by atoms with Crippen molar-refractivity contribution in [1.82, 2.24) is 0 Å². The molecule has 0 atom stereocenters. The summed E-state index contributed by atoms with van der Waals surface area (Å²) in [6, 6.07) is 6.73. The first-order valence-corrected chi connectivity index (χ1v) is 8.65. The molecule has 0 aliphatic carbocycles. The fourth-order valence-electron chi connectivity index (χ4n) is 3.07. The van der Waals surface area contributed by atoms with Crippen LogP contribution in [0.25, 0.3) is 11.0 Å². The molecule has 0 saturated carbocycles. The zero-order valence-electron chi connectivity index (χ0n) is 16.0. The number of rotatable bonds is 6. The molecule has 0 saturated heterocycles. The van der Waals surface area contributed by atoms with E-state index < -0.39 is 12.5 Å².